The summed E-state index contributed by atoms with van der Waals surface area (Å²) >= 11 is 11.8. The van der Waals surface area contributed by atoms with Gasteiger partial charge < -0.3 is 59.8 Å². The molecule has 8 aromatic rings. The predicted octanol–water partition coefficient (Wildman–Crippen LogP) is 9.51. The van der Waals surface area contributed by atoms with Crippen molar-refractivity contribution >= 4 is 77.6 Å². The minimum absolute atomic E-state index is 0.0485. The lowest BCUT2D eigenvalue weighted by atomic mass is 10.1. The van der Waals surface area contributed by atoms with Gasteiger partial charge in [-0.15, -0.1) is 0 Å². The van der Waals surface area contributed by atoms with Crippen LogP contribution in [0.15, 0.2) is 183 Å². The zero-order valence-corrected chi connectivity index (χ0v) is 74.2. The maximum atomic E-state index is 13.5. The summed E-state index contributed by atoms with van der Waals surface area (Å²) < 4.78 is 185. The Labute approximate surface area is 745 Å². The number of benzene rings is 3. The highest BCUT2D eigenvalue weighted by Crippen LogP contribution is 2.61. The monoisotopic (exact) mass is 1920 g/mol. The highest BCUT2D eigenvalue weighted by atomic mass is 35.5. The van der Waals surface area contributed by atoms with Crippen LogP contribution in [0.1, 0.15) is 166 Å². The van der Waals surface area contributed by atoms with Gasteiger partial charge in [0.2, 0.25) is 0 Å². The van der Waals surface area contributed by atoms with E-state index in [4.69, 9.17) is 96.4 Å². The summed E-state index contributed by atoms with van der Waals surface area (Å²) in [5, 5.41) is 83.8. The van der Waals surface area contributed by atoms with Gasteiger partial charge in [0.15, 0.2) is 97.1 Å². The first-order valence-corrected chi connectivity index (χ1v) is 47.0. The number of ketones is 4. The third kappa shape index (κ3) is 25.1. The normalized spacial score (nSPS) is 32.5. The van der Waals surface area contributed by atoms with Gasteiger partial charge in [-0.05, 0) is 117 Å². The smallest absolute Gasteiger partial charge is 0.387 e. The van der Waals surface area contributed by atoms with Gasteiger partial charge in [0.1, 0.15) is 66.3 Å². The van der Waals surface area contributed by atoms with Crippen LogP contribution in [0, 0.1) is 17.5 Å². The van der Waals surface area contributed by atoms with Crippen LogP contribution in [0.25, 0.3) is 0 Å². The molecule has 37 nitrogen and oxygen atoms in total. The SMILES string of the molecule is CC(=O)c1ccc[n+]([C@@H]2OC(COP3(=O)OCCC(c4ccc(F)c(Cl)c4)O3)[C@@H](O)[C@H]2O)c1.CC(=O)c1ccc[n+]([C@@H]2OC(COP3(=O)OCCC(c4cccnc4)O3)[C@@H](O)[C@H]2O)c1.CC(=O)c1ccc[n+]([C@@H]2O[C@H](COP3(=O)OCC[C@@H](c4cc(F)cc(F)c4)O3)C(O)[C@@H]2O)c1.CC(=O)c1ccc[n+]([C@@H]2O[C@H](COP3(=O)OCC[C@@H](c4cccc(Cl)c4)O3)C(O)[C@@H]2O)c1. The van der Waals surface area contributed by atoms with Crippen molar-refractivity contribution in [1.29, 1.82) is 0 Å². The zero-order valence-electron chi connectivity index (χ0n) is 69.1. The quantitative estimate of drug-likeness (QED) is 0.0158. The first kappa shape index (κ1) is 98.9. The number of halogens is 5. The summed E-state index contributed by atoms with van der Waals surface area (Å²) in [6, 6.07) is 30.5. The first-order chi connectivity index (χ1) is 61.4. The van der Waals surface area contributed by atoms with E-state index in [0.29, 0.717) is 58.2 Å². The fourth-order valence-corrected chi connectivity index (χ4v) is 20.5. The number of nitrogens with zero attached hydrogens (tertiary/aromatic N) is 5. The highest BCUT2D eigenvalue weighted by Gasteiger charge is 2.55. The zero-order chi connectivity index (χ0) is 92.4. The average Bonchev–Trinajstić information content (AvgIpc) is 1.66. The van der Waals surface area contributed by atoms with Gasteiger partial charge in [0, 0.05) is 73.4 Å². The molecule has 8 fully saturated rings. The Balaban J connectivity index is 0.000000147. The minimum atomic E-state index is -4.15. The second-order valence-electron chi connectivity index (χ2n) is 30.6. The summed E-state index contributed by atoms with van der Waals surface area (Å²) in [7, 11) is -16.0. The summed E-state index contributed by atoms with van der Waals surface area (Å²) in [4.78, 5) is 50.5. The number of pyridine rings is 5. The molecule has 8 aliphatic heterocycles. The van der Waals surface area contributed by atoms with Crippen LogP contribution in [-0.2, 0) is 91.5 Å². The lowest BCUT2D eigenvalue weighted by Gasteiger charge is -2.29. The van der Waals surface area contributed by atoms with E-state index in [2.05, 4.69) is 4.98 Å². The standard InChI is InChI=1S/C21H23ClFNO8P.C21H24ClNO8P.C21H23F2NO8P.C20H24N2O8P/c1-12(25)14-3-2-7-24(10-14)21-20(27)19(26)18(31-21)11-30-33(28)29-8-6-17(32-33)13-4-5-16(23)15(22)9-13;1-13(24)15-5-3-8-23(11-15)21-20(26)19(25)18(30-21)12-29-32(27)28-9-7-17(31-32)14-4-2-6-16(22)10-14;1-12(25)13-3-2-5-24(10-13)21-20(27)19(26)18(31-21)11-30-33(28)29-6-4-17(32-33)14-7-15(22)9-16(23)8-14;1-13(23)15-5-3-8-22(11-15)20-19(25)18(24)17(29-20)12-28-31(26)27-9-6-16(30-31)14-4-2-7-21-10-14/h2-5,7,9-10,17-21,26-27H,6,8,11H2,1H3;2-6,8,10-11,17-21,25-26H,7,9,12H2,1H3;2-3,5,7-10,17-21,26-27H,4,6,11H2,1H3;2-5,7-8,10-11,16-20,24-25H,6,9,12H2,1H3/q4*+1/t17?,18?,19-,20-,21-,33?;17-,18+,19?,20-,21+,32?;17-,18+,19?,20-,21+,33?;16?,17?,18-,19-,20-,31?/m1001/s1. The summed E-state index contributed by atoms with van der Waals surface area (Å²) in [5.74, 6) is -2.83. The van der Waals surface area contributed by atoms with E-state index in [1.165, 1.54) is 88.9 Å². The number of hydrogen-bond donors (Lipinski definition) is 8. The van der Waals surface area contributed by atoms with Gasteiger partial charge in [0.25, 0.3) is 24.9 Å². The van der Waals surface area contributed by atoms with E-state index in [9.17, 15) is 91.5 Å². The molecule has 0 aliphatic carbocycles. The number of ether oxygens (including phenoxy) is 4. The predicted molar refractivity (Wildman–Crippen MR) is 436 cm³/mol. The Hall–Kier alpha value is -7.58. The molecule has 8 N–H and O–H groups in total. The van der Waals surface area contributed by atoms with Crippen LogP contribution in [0.2, 0.25) is 10.0 Å². The number of rotatable bonds is 24. The number of aliphatic hydroxyl groups is 8. The third-order valence-electron chi connectivity index (χ3n) is 21.4. The fourth-order valence-electron chi connectivity index (χ4n) is 14.5. The van der Waals surface area contributed by atoms with Crippen molar-refractivity contribution in [2.75, 3.05) is 52.9 Å². The van der Waals surface area contributed by atoms with Crippen LogP contribution in [-0.4, -0.2) is 195 Å². The highest BCUT2D eigenvalue weighted by molar-refractivity contribution is 7.49. The largest absolute Gasteiger partial charge is 0.475 e. The summed E-state index contributed by atoms with van der Waals surface area (Å²) in [5.41, 5.74) is 3.82. The number of phosphoric acid groups is 4. The maximum absolute atomic E-state index is 13.5. The maximum Gasteiger partial charge on any atom is 0.475 e. The van der Waals surface area contributed by atoms with Crippen molar-refractivity contribution in [2.24, 2.45) is 0 Å². The van der Waals surface area contributed by atoms with Crippen molar-refractivity contribution in [3.63, 3.8) is 0 Å². The van der Waals surface area contributed by atoms with Crippen molar-refractivity contribution in [3.8, 4) is 0 Å². The molecule has 24 atom stereocenters. The topological polar surface area (TPSA) is 474 Å². The van der Waals surface area contributed by atoms with Gasteiger partial charge in [-0.2, -0.15) is 18.3 Å². The lowest BCUT2D eigenvalue weighted by Crippen LogP contribution is -2.46. The van der Waals surface area contributed by atoms with Crippen molar-refractivity contribution in [1.82, 2.24) is 4.98 Å². The summed E-state index contributed by atoms with van der Waals surface area (Å²) in [6.45, 7) is 4.49. The lowest BCUT2D eigenvalue weighted by molar-refractivity contribution is -0.766. The fraction of sp³-hybridized carbons (Fsp3) is 0.434. The minimum Gasteiger partial charge on any atom is -0.387 e. The van der Waals surface area contributed by atoms with Crippen LogP contribution >= 0.6 is 54.5 Å². The molecule has 16 rings (SSSR count). The molecule has 13 heterocycles. The van der Waals surface area contributed by atoms with Crippen molar-refractivity contribution in [3.05, 3.63) is 255 Å². The molecule has 0 saturated carbocycles. The van der Waals surface area contributed by atoms with Crippen molar-refractivity contribution in [2.45, 2.75) is 176 Å². The molecule has 8 saturated heterocycles. The molecule has 5 aromatic heterocycles. The molecule has 0 amide bonds. The van der Waals surface area contributed by atoms with Gasteiger partial charge >= 0.3 is 31.3 Å². The molecule has 694 valence electrons. The number of Topliss-reactive ketones (excluding diaryl/α,β-unsaturated/α-hetero) is 4. The molecule has 0 bridgehead atoms. The Bertz CT molecular complexity index is 5490. The van der Waals surface area contributed by atoms with E-state index in [-0.39, 0.29) is 79.8 Å². The van der Waals surface area contributed by atoms with Gasteiger partial charge in [-0.1, -0.05) is 47.5 Å². The second kappa shape index (κ2) is 43.6. The van der Waals surface area contributed by atoms with Crippen molar-refractivity contribution < 1.29 is 183 Å². The molecule has 3 aromatic carbocycles. The Morgan fingerprint density at radius 2 is 0.698 bits per heavy atom. The Morgan fingerprint density at radius 3 is 1.00 bits per heavy atom. The number of carbonyl (C=O) groups is 4. The number of aliphatic hydroxyl groups excluding tert-OH is 8. The Kier molecular flexibility index (Phi) is 33.4. The van der Waals surface area contributed by atoms with E-state index in [1.54, 1.807) is 110 Å². The molecule has 46 heteroatoms. The number of carbonyl (C=O) groups excluding carboxylic acids is 4. The molecular formula is C83H94Cl2F3N5O32P4+4. The molecule has 129 heavy (non-hydrogen) atoms. The van der Waals surface area contributed by atoms with Gasteiger partial charge in [-0.3, -0.25) is 78.4 Å². The Morgan fingerprint density at radius 1 is 0.388 bits per heavy atom. The number of hydrogen-bond acceptors (Lipinski definition) is 33. The first-order valence-electron chi connectivity index (χ1n) is 40.4. The molecule has 0 radical (unpaired) electrons. The van der Waals surface area contributed by atoms with Crippen LogP contribution in [0.3, 0.4) is 0 Å². The second-order valence-corrected chi connectivity index (χ2v) is 38.0. The molecule has 8 aliphatic rings. The van der Waals surface area contributed by atoms with Crippen LogP contribution < -0.4 is 18.3 Å². The van der Waals surface area contributed by atoms with Crippen LogP contribution in [0.5, 0.6) is 0 Å². The molecule has 10 unspecified atom stereocenters. The van der Waals surface area contributed by atoms with E-state index in [1.807, 2.05) is 12.1 Å². The van der Waals surface area contributed by atoms with Gasteiger partial charge in [0.05, 0.1) is 105 Å². The molecular weight excluding hydrogens is 1830 g/mol. The van der Waals surface area contributed by atoms with E-state index < -0.39 is 185 Å². The summed E-state index contributed by atoms with van der Waals surface area (Å²) in [6.07, 6.45) is -4.10. The third-order valence-corrected chi connectivity index (χ3v) is 27.9. The van der Waals surface area contributed by atoms with E-state index >= 15 is 0 Å². The van der Waals surface area contributed by atoms with E-state index in [0.717, 1.165) is 23.3 Å². The average molecular weight is 1930 g/mol. The number of phosphoric ester groups is 4. The molecule has 0 spiro atoms. The van der Waals surface area contributed by atoms with Crippen LogP contribution in [0.4, 0.5) is 13.2 Å². The van der Waals surface area contributed by atoms with Gasteiger partial charge in [-0.25, -0.2) is 31.4 Å². The number of aromatic nitrogens is 5.